The zero-order valence-corrected chi connectivity index (χ0v) is 13.7. The lowest BCUT2D eigenvalue weighted by Crippen LogP contribution is -2.76. The highest BCUT2D eigenvalue weighted by Crippen LogP contribution is 2.66. The van der Waals surface area contributed by atoms with E-state index < -0.39 is 57.9 Å². The van der Waals surface area contributed by atoms with Crippen LogP contribution in [0.1, 0.15) is 32.1 Å². The highest BCUT2D eigenvalue weighted by atomic mass is 32.3. The van der Waals surface area contributed by atoms with Crippen LogP contribution in [0, 0.1) is 17.8 Å². The predicted molar refractivity (Wildman–Crippen MR) is 73.7 cm³/mol. The van der Waals surface area contributed by atoms with Crippen LogP contribution in [0.4, 0.5) is 0 Å². The quantitative estimate of drug-likeness (QED) is 0.572. The molecule has 0 aromatic rings. The Balaban J connectivity index is 2.47. The highest BCUT2D eigenvalue weighted by molar-refractivity contribution is 8.07. The zero-order valence-electron chi connectivity index (χ0n) is 11.3. The molecule has 4 saturated carbocycles. The van der Waals surface area contributed by atoms with E-state index in [0.29, 0.717) is 6.42 Å². The van der Waals surface area contributed by atoms with Gasteiger partial charge in [-0.3, -0.25) is 13.7 Å². The van der Waals surface area contributed by atoms with Crippen LogP contribution in [0.2, 0.25) is 0 Å². The van der Waals surface area contributed by atoms with Gasteiger partial charge < -0.3 is 0 Å². The van der Waals surface area contributed by atoms with E-state index in [0.717, 1.165) is 0 Å². The lowest BCUT2D eigenvalue weighted by molar-refractivity contribution is 0.0144. The molecule has 2 atom stereocenters. The normalized spacial score (nSPS) is 40.8. The second-order valence-electron chi connectivity index (χ2n) is 6.63. The molecule has 0 amide bonds. The smallest absolute Gasteiger partial charge is 0.285 e. The van der Waals surface area contributed by atoms with Gasteiger partial charge in [0.1, 0.15) is 4.75 Å². The summed E-state index contributed by atoms with van der Waals surface area (Å²) in [6.45, 7) is 0. The number of hydrogen-bond acceptors (Lipinski definition) is 6. The van der Waals surface area contributed by atoms with Crippen molar-refractivity contribution in [2.24, 2.45) is 17.8 Å². The monoisotopic (exact) mass is 376 g/mol. The fraction of sp³-hybridized carbons (Fsp3) is 1.00. The summed E-state index contributed by atoms with van der Waals surface area (Å²) in [5.74, 6) is -1.81. The summed E-state index contributed by atoms with van der Waals surface area (Å²) in [6.07, 6.45) is -0.0989. The lowest BCUT2D eigenvalue weighted by Gasteiger charge is -2.61. The summed E-state index contributed by atoms with van der Waals surface area (Å²) in [5.41, 5.74) is 0. The average molecular weight is 376 g/mol. The molecule has 2 unspecified atom stereocenters. The molecule has 9 nitrogen and oxygen atoms in total. The first-order valence-electron chi connectivity index (χ1n) is 6.67. The molecule has 12 heteroatoms. The Hall–Kier alpha value is -0.270. The molecule has 0 spiro atoms. The fourth-order valence-corrected chi connectivity index (χ4v) is 11.5. The lowest BCUT2D eigenvalue weighted by atomic mass is 9.55. The largest absolute Gasteiger partial charge is 0.289 e. The van der Waals surface area contributed by atoms with Crippen molar-refractivity contribution in [3.8, 4) is 0 Å². The van der Waals surface area contributed by atoms with Crippen LogP contribution < -0.4 is 0 Å². The van der Waals surface area contributed by atoms with Gasteiger partial charge in [0.2, 0.25) is 4.08 Å². The van der Waals surface area contributed by atoms with E-state index in [1.807, 2.05) is 0 Å². The van der Waals surface area contributed by atoms with Crippen LogP contribution in [0.25, 0.3) is 0 Å². The molecule has 4 bridgehead atoms. The molecular formula is C10H16O9S3. The molecule has 3 N–H and O–H groups in total. The first kappa shape index (κ1) is 16.6. The summed E-state index contributed by atoms with van der Waals surface area (Å²) in [7, 11) is -16.2. The van der Waals surface area contributed by atoms with E-state index in [9.17, 15) is 38.9 Å². The minimum Gasteiger partial charge on any atom is -0.285 e. The first-order valence-corrected chi connectivity index (χ1v) is 11.0. The second-order valence-corrected chi connectivity index (χ2v) is 11.8. The molecule has 0 heterocycles. The van der Waals surface area contributed by atoms with Gasteiger partial charge in [0.05, 0.1) is 0 Å². The molecule has 4 fully saturated rings. The Morgan fingerprint density at radius 2 is 1.09 bits per heavy atom. The third kappa shape index (κ3) is 1.70. The highest BCUT2D eigenvalue weighted by Gasteiger charge is 2.81. The van der Waals surface area contributed by atoms with Crippen LogP contribution in [-0.4, -0.2) is 47.7 Å². The van der Waals surface area contributed by atoms with Crippen LogP contribution in [0.3, 0.4) is 0 Å². The molecule has 0 aromatic heterocycles. The van der Waals surface area contributed by atoms with E-state index in [-0.39, 0.29) is 24.7 Å². The summed E-state index contributed by atoms with van der Waals surface area (Å²) < 4.78 is 94.9. The topological polar surface area (TPSA) is 163 Å². The Bertz CT molecular complexity index is 777. The Kier molecular flexibility index (Phi) is 3.18. The zero-order chi connectivity index (χ0) is 16.8. The van der Waals surface area contributed by atoms with Crippen LogP contribution >= 0.6 is 0 Å². The summed E-state index contributed by atoms with van der Waals surface area (Å²) in [5, 5.41) is 0. The van der Waals surface area contributed by atoms with Gasteiger partial charge in [-0.25, -0.2) is 0 Å². The van der Waals surface area contributed by atoms with Gasteiger partial charge in [-0.05, 0) is 49.9 Å². The third-order valence-electron chi connectivity index (χ3n) is 5.57. The summed E-state index contributed by atoms with van der Waals surface area (Å²) in [4.78, 5) is 0. The van der Waals surface area contributed by atoms with E-state index >= 15 is 0 Å². The van der Waals surface area contributed by atoms with Crippen LogP contribution in [-0.2, 0) is 30.4 Å². The number of hydrogen-bond donors (Lipinski definition) is 3. The molecule has 128 valence electrons. The van der Waals surface area contributed by atoms with E-state index in [4.69, 9.17) is 0 Å². The summed E-state index contributed by atoms with van der Waals surface area (Å²) in [6, 6.07) is 0. The van der Waals surface area contributed by atoms with Gasteiger partial charge >= 0.3 is 0 Å². The minimum atomic E-state index is -5.53. The second kappa shape index (κ2) is 4.22. The molecular weight excluding hydrogens is 360 g/mol. The van der Waals surface area contributed by atoms with Crippen molar-refractivity contribution in [2.45, 2.75) is 40.9 Å². The van der Waals surface area contributed by atoms with Crippen LogP contribution in [0.15, 0.2) is 0 Å². The van der Waals surface area contributed by atoms with Crippen molar-refractivity contribution in [2.75, 3.05) is 0 Å². The standard InChI is InChI=1S/C10H16O9S3/c11-20(12,13)9-4-6-1-7(5-9)3-8(2-6)10(9,21(14,15)16)22(17,18)19/h6-8H,1-5H2,(H,11,12,13)(H,14,15,16)(H,17,18,19). The molecule has 4 aliphatic rings. The van der Waals surface area contributed by atoms with Crippen molar-refractivity contribution in [1.29, 1.82) is 0 Å². The van der Waals surface area contributed by atoms with Gasteiger partial charge in [0.25, 0.3) is 30.4 Å². The van der Waals surface area contributed by atoms with Gasteiger partial charge in [-0.2, -0.15) is 25.3 Å². The third-order valence-corrected chi connectivity index (χ3v) is 11.7. The molecule has 0 saturated heterocycles. The van der Waals surface area contributed by atoms with Crippen molar-refractivity contribution >= 4 is 30.4 Å². The molecule has 4 rings (SSSR count). The first-order chi connectivity index (χ1) is 9.76. The van der Waals surface area contributed by atoms with Gasteiger partial charge in [-0.1, -0.05) is 0 Å². The van der Waals surface area contributed by atoms with Crippen molar-refractivity contribution < 1.29 is 38.9 Å². The predicted octanol–water partition coefficient (Wildman–Crippen LogP) is -0.0752. The minimum absolute atomic E-state index is 0.0628. The Labute approximate surface area is 128 Å². The Morgan fingerprint density at radius 1 is 0.682 bits per heavy atom. The van der Waals surface area contributed by atoms with Gasteiger partial charge in [0.15, 0.2) is 0 Å². The summed E-state index contributed by atoms with van der Waals surface area (Å²) >= 11 is 0. The average Bonchev–Trinajstić information content (AvgIpc) is 2.21. The Morgan fingerprint density at radius 3 is 1.41 bits per heavy atom. The number of rotatable bonds is 3. The van der Waals surface area contributed by atoms with Crippen molar-refractivity contribution in [3.05, 3.63) is 0 Å². The van der Waals surface area contributed by atoms with E-state index in [1.54, 1.807) is 0 Å². The molecule has 4 aliphatic carbocycles. The SMILES string of the molecule is O=S(=O)(O)C12CC3CC(CC(C3)C1(S(=O)(=O)O)S(=O)(=O)O)C2. The fourth-order valence-electron chi connectivity index (χ4n) is 5.30. The molecule has 22 heavy (non-hydrogen) atoms. The van der Waals surface area contributed by atoms with E-state index in [2.05, 4.69) is 0 Å². The molecule has 0 radical (unpaired) electrons. The van der Waals surface area contributed by atoms with E-state index in [1.165, 1.54) is 0 Å². The molecule has 0 aromatic carbocycles. The maximum atomic E-state index is 12.0. The van der Waals surface area contributed by atoms with Crippen molar-refractivity contribution in [3.63, 3.8) is 0 Å². The van der Waals surface area contributed by atoms with Gasteiger partial charge in [-0.15, -0.1) is 0 Å². The van der Waals surface area contributed by atoms with Gasteiger partial charge in [0, 0.05) is 0 Å². The molecule has 0 aliphatic heterocycles. The maximum absolute atomic E-state index is 12.0. The van der Waals surface area contributed by atoms with Crippen LogP contribution in [0.5, 0.6) is 0 Å². The van der Waals surface area contributed by atoms with Crippen molar-refractivity contribution in [1.82, 2.24) is 0 Å². The maximum Gasteiger partial charge on any atom is 0.289 e.